The lowest BCUT2D eigenvalue weighted by molar-refractivity contribution is 0.483. The molecule has 5 aromatic rings. The summed E-state index contributed by atoms with van der Waals surface area (Å²) < 4.78 is 7.60. The van der Waals surface area contributed by atoms with Crippen molar-refractivity contribution >= 4 is 15.9 Å². The van der Waals surface area contributed by atoms with Crippen LogP contribution < -0.4 is 4.74 Å². The highest BCUT2D eigenvalue weighted by atomic mass is 79.9. The zero-order chi connectivity index (χ0) is 21.5. The maximum Gasteiger partial charge on any atom is 0.149 e. The Morgan fingerprint density at radius 1 is 0.375 bits per heavy atom. The van der Waals surface area contributed by atoms with Gasteiger partial charge in [0.25, 0.3) is 0 Å². The number of fused-ring (bicyclic) bond motifs is 9. The van der Waals surface area contributed by atoms with Gasteiger partial charge in [-0.05, 0) is 61.4 Å². The first-order chi connectivity index (χ1) is 15.8. The van der Waals surface area contributed by atoms with E-state index in [4.69, 9.17) is 4.74 Å². The third-order valence-electron chi connectivity index (χ3n) is 6.01. The van der Waals surface area contributed by atoms with E-state index in [0.29, 0.717) is 0 Å². The van der Waals surface area contributed by atoms with Crippen LogP contribution >= 0.6 is 15.9 Å². The van der Waals surface area contributed by atoms with Crippen molar-refractivity contribution in [2.75, 3.05) is 0 Å². The molecule has 1 aliphatic rings. The molecule has 0 N–H and O–H groups in total. The first-order valence-corrected chi connectivity index (χ1v) is 11.4. The molecule has 0 saturated heterocycles. The van der Waals surface area contributed by atoms with E-state index in [0.717, 1.165) is 38.2 Å². The van der Waals surface area contributed by atoms with Crippen molar-refractivity contribution in [1.82, 2.24) is 0 Å². The Hall–Kier alpha value is -3.62. The van der Waals surface area contributed by atoms with Gasteiger partial charge in [-0.3, -0.25) is 0 Å². The zero-order valence-corrected chi connectivity index (χ0v) is 18.8. The van der Waals surface area contributed by atoms with Crippen LogP contribution in [0.1, 0.15) is 0 Å². The van der Waals surface area contributed by atoms with Gasteiger partial charge in [0.2, 0.25) is 0 Å². The molecule has 152 valence electrons. The van der Waals surface area contributed by atoms with Crippen molar-refractivity contribution in [2.24, 2.45) is 0 Å². The van der Waals surface area contributed by atoms with Gasteiger partial charge in [0, 0.05) is 11.1 Å². The molecule has 0 spiro atoms. The number of hydrogen-bond donors (Lipinski definition) is 0. The van der Waals surface area contributed by atoms with Crippen molar-refractivity contribution in [1.29, 1.82) is 0 Å². The second kappa shape index (κ2) is 7.81. The lowest BCUT2D eigenvalue weighted by Crippen LogP contribution is -1.93. The van der Waals surface area contributed by atoms with Gasteiger partial charge in [-0.1, -0.05) is 103 Å². The van der Waals surface area contributed by atoms with Crippen LogP contribution in [0.5, 0.6) is 11.5 Å². The van der Waals surface area contributed by atoms with Crippen LogP contribution in [0, 0.1) is 0 Å². The summed E-state index contributed by atoms with van der Waals surface area (Å²) in [5.41, 5.74) is 9.24. The fourth-order valence-corrected chi connectivity index (χ4v) is 5.02. The molecule has 5 aromatic carbocycles. The predicted molar refractivity (Wildman–Crippen MR) is 136 cm³/mol. The van der Waals surface area contributed by atoms with Crippen molar-refractivity contribution in [2.45, 2.75) is 0 Å². The topological polar surface area (TPSA) is 9.23 Å². The Balaban J connectivity index is 1.80. The van der Waals surface area contributed by atoms with Gasteiger partial charge in [-0.2, -0.15) is 0 Å². The average Bonchev–Trinajstić information content (AvgIpc) is 2.87. The Kier molecular flexibility index (Phi) is 4.66. The van der Waals surface area contributed by atoms with E-state index >= 15 is 0 Å². The van der Waals surface area contributed by atoms with Crippen molar-refractivity contribution < 1.29 is 4.74 Å². The average molecular weight is 475 g/mol. The van der Waals surface area contributed by atoms with E-state index in [2.05, 4.69) is 113 Å². The van der Waals surface area contributed by atoms with E-state index in [9.17, 15) is 0 Å². The minimum atomic E-state index is 0.823. The summed E-state index contributed by atoms with van der Waals surface area (Å²) in [5, 5.41) is 0. The summed E-state index contributed by atoms with van der Waals surface area (Å²) in [5.74, 6) is 1.66. The summed E-state index contributed by atoms with van der Waals surface area (Å²) in [7, 11) is 0. The molecule has 0 amide bonds. The van der Waals surface area contributed by atoms with Crippen LogP contribution in [0.2, 0.25) is 0 Å². The molecule has 1 aliphatic heterocycles. The van der Waals surface area contributed by atoms with E-state index in [1.807, 2.05) is 18.2 Å². The van der Waals surface area contributed by atoms with Crippen LogP contribution in [0.3, 0.4) is 0 Å². The van der Waals surface area contributed by atoms with Crippen molar-refractivity contribution in [3.8, 4) is 56.0 Å². The molecule has 1 heterocycles. The minimum absolute atomic E-state index is 0.823. The summed E-state index contributed by atoms with van der Waals surface area (Å²) >= 11 is 3.75. The number of benzene rings is 5. The minimum Gasteiger partial charge on any atom is -0.455 e. The van der Waals surface area contributed by atoms with E-state index in [1.165, 1.54) is 22.3 Å². The first-order valence-electron chi connectivity index (χ1n) is 10.7. The molecule has 0 aliphatic carbocycles. The van der Waals surface area contributed by atoms with Crippen LogP contribution in [0.4, 0.5) is 0 Å². The molecule has 0 radical (unpaired) electrons. The highest BCUT2D eigenvalue weighted by molar-refractivity contribution is 9.10. The van der Waals surface area contributed by atoms with E-state index in [-0.39, 0.29) is 0 Å². The standard InChI is InChI=1S/C30H19BrO/c31-28-18-9-17-27-25-15-6-4-13-23(25)21-11-2-1-10-20(21)22-12-3-5-14-24(22)26-16-7-8-19-29(26)32-30(27)28/h1-19H. The Labute approximate surface area is 196 Å². The largest absolute Gasteiger partial charge is 0.455 e. The summed E-state index contributed by atoms with van der Waals surface area (Å²) in [6, 6.07) is 40.3. The fraction of sp³-hybridized carbons (Fsp3) is 0. The zero-order valence-electron chi connectivity index (χ0n) is 17.3. The van der Waals surface area contributed by atoms with Crippen LogP contribution in [0.15, 0.2) is 120 Å². The number of para-hydroxylation sites is 2. The van der Waals surface area contributed by atoms with Crippen molar-refractivity contribution in [3.05, 3.63) is 120 Å². The highest BCUT2D eigenvalue weighted by Crippen LogP contribution is 2.48. The third-order valence-corrected chi connectivity index (χ3v) is 6.63. The predicted octanol–water partition coefficient (Wildman–Crippen LogP) is 9.22. The lowest BCUT2D eigenvalue weighted by Gasteiger charge is -2.17. The van der Waals surface area contributed by atoms with Gasteiger partial charge in [0.1, 0.15) is 11.5 Å². The van der Waals surface area contributed by atoms with E-state index < -0.39 is 0 Å². The molecule has 0 unspecified atom stereocenters. The number of ether oxygens (including phenoxy) is 1. The van der Waals surface area contributed by atoms with Gasteiger partial charge in [-0.25, -0.2) is 0 Å². The quantitative estimate of drug-likeness (QED) is 0.213. The monoisotopic (exact) mass is 474 g/mol. The van der Waals surface area contributed by atoms with Gasteiger partial charge >= 0.3 is 0 Å². The number of halogens is 1. The Bertz CT molecular complexity index is 1470. The molecule has 0 bridgehead atoms. The molecule has 0 fully saturated rings. The van der Waals surface area contributed by atoms with Gasteiger partial charge in [-0.15, -0.1) is 0 Å². The van der Waals surface area contributed by atoms with Crippen molar-refractivity contribution in [3.63, 3.8) is 0 Å². The molecule has 1 nitrogen and oxygen atoms in total. The Morgan fingerprint density at radius 3 is 1.28 bits per heavy atom. The summed E-state index contributed by atoms with van der Waals surface area (Å²) in [6.45, 7) is 0. The molecular weight excluding hydrogens is 456 g/mol. The maximum atomic E-state index is 6.67. The van der Waals surface area contributed by atoms with Crippen LogP contribution in [-0.2, 0) is 0 Å². The fourth-order valence-electron chi connectivity index (χ4n) is 4.57. The Morgan fingerprint density at radius 2 is 0.750 bits per heavy atom. The maximum absolute atomic E-state index is 6.67. The normalized spacial score (nSPS) is 11.5. The number of rotatable bonds is 0. The summed E-state index contributed by atoms with van der Waals surface area (Å²) in [6.07, 6.45) is 0. The van der Waals surface area contributed by atoms with Gasteiger partial charge < -0.3 is 4.74 Å². The van der Waals surface area contributed by atoms with E-state index in [1.54, 1.807) is 0 Å². The van der Waals surface area contributed by atoms with Crippen LogP contribution in [-0.4, -0.2) is 0 Å². The highest BCUT2D eigenvalue weighted by Gasteiger charge is 2.21. The smallest absolute Gasteiger partial charge is 0.149 e. The number of hydrogen-bond acceptors (Lipinski definition) is 1. The molecule has 0 aromatic heterocycles. The molecule has 0 atom stereocenters. The second-order valence-corrected chi connectivity index (χ2v) is 8.71. The van der Waals surface area contributed by atoms with Crippen LogP contribution in [0.25, 0.3) is 44.5 Å². The molecule has 0 saturated carbocycles. The molecule has 32 heavy (non-hydrogen) atoms. The second-order valence-electron chi connectivity index (χ2n) is 7.85. The SMILES string of the molecule is Brc1cccc2c1Oc1ccccc1-c1ccccc1-c1ccccc1-c1ccccc1-2. The van der Waals surface area contributed by atoms with Gasteiger partial charge in [0.15, 0.2) is 0 Å². The lowest BCUT2D eigenvalue weighted by atomic mass is 9.87. The first kappa shape index (κ1) is 19.1. The van der Waals surface area contributed by atoms with Gasteiger partial charge in [0.05, 0.1) is 4.47 Å². The molecule has 2 heteroatoms. The summed E-state index contributed by atoms with van der Waals surface area (Å²) in [4.78, 5) is 0. The third kappa shape index (κ3) is 3.07. The molecule has 6 rings (SSSR count). The molecular formula is C30H19BrO.